The molecular formula is C15H13ClN2. The van der Waals surface area contributed by atoms with Crippen molar-refractivity contribution >= 4 is 22.5 Å². The van der Waals surface area contributed by atoms with Crippen molar-refractivity contribution < 1.29 is 0 Å². The number of pyridine rings is 1. The SMILES string of the molecule is Cn1cc(Cc2ccccc2)c2cc(Cl)ncc21. The summed E-state index contributed by atoms with van der Waals surface area (Å²) >= 11 is 5.98. The molecule has 90 valence electrons. The van der Waals surface area contributed by atoms with Crippen molar-refractivity contribution in [2.45, 2.75) is 6.42 Å². The van der Waals surface area contributed by atoms with Crippen LogP contribution in [0.4, 0.5) is 0 Å². The summed E-state index contributed by atoms with van der Waals surface area (Å²) in [6.07, 6.45) is 4.89. The molecule has 0 fully saturated rings. The van der Waals surface area contributed by atoms with Crippen molar-refractivity contribution in [2.75, 3.05) is 0 Å². The Morgan fingerprint density at radius 3 is 2.78 bits per heavy atom. The van der Waals surface area contributed by atoms with E-state index < -0.39 is 0 Å². The number of hydrogen-bond donors (Lipinski definition) is 0. The second-order valence-electron chi connectivity index (χ2n) is 4.45. The van der Waals surface area contributed by atoms with Crippen LogP contribution in [0, 0.1) is 0 Å². The van der Waals surface area contributed by atoms with Crippen molar-refractivity contribution in [2.24, 2.45) is 7.05 Å². The van der Waals surface area contributed by atoms with Crippen LogP contribution < -0.4 is 0 Å². The predicted molar refractivity (Wildman–Crippen MR) is 75.0 cm³/mol. The molecule has 3 aromatic rings. The quantitative estimate of drug-likeness (QED) is 0.638. The fourth-order valence-corrected chi connectivity index (χ4v) is 2.45. The van der Waals surface area contributed by atoms with Crippen LogP contribution in [0.2, 0.25) is 5.15 Å². The number of aryl methyl sites for hydroxylation is 1. The van der Waals surface area contributed by atoms with E-state index in [2.05, 4.69) is 40.0 Å². The summed E-state index contributed by atoms with van der Waals surface area (Å²) in [5.74, 6) is 0. The van der Waals surface area contributed by atoms with E-state index in [0.29, 0.717) is 5.15 Å². The summed E-state index contributed by atoms with van der Waals surface area (Å²) in [7, 11) is 2.03. The summed E-state index contributed by atoms with van der Waals surface area (Å²) < 4.78 is 2.09. The lowest BCUT2D eigenvalue weighted by Gasteiger charge is -2.00. The molecule has 2 aromatic heterocycles. The first-order valence-corrected chi connectivity index (χ1v) is 6.25. The van der Waals surface area contributed by atoms with Gasteiger partial charge in [0.25, 0.3) is 0 Å². The minimum atomic E-state index is 0.544. The van der Waals surface area contributed by atoms with Crippen molar-refractivity contribution in [3.8, 4) is 0 Å². The van der Waals surface area contributed by atoms with Gasteiger partial charge in [-0.1, -0.05) is 41.9 Å². The van der Waals surface area contributed by atoms with Gasteiger partial charge in [0.05, 0.1) is 11.7 Å². The van der Waals surface area contributed by atoms with Gasteiger partial charge in [-0.05, 0) is 23.6 Å². The van der Waals surface area contributed by atoms with Crippen LogP contribution in [-0.4, -0.2) is 9.55 Å². The van der Waals surface area contributed by atoms with Crippen LogP contribution in [0.5, 0.6) is 0 Å². The molecule has 0 N–H and O–H groups in total. The van der Waals surface area contributed by atoms with Gasteiger partial charge in [0, 0.05) is 18.6 Å². The highest BCUT2D eigenvalue weighted by atomic mass is 35.5. The van der Waals surface area contributed by atoms with E-state index in [0.717, 1.165) is 11.9 Å². The van der Waals surface area contributed by atoms with Gasteiger partial charge < -0.3 is 4.57 Å². The average molecular weight is 257 g/mol. The first kappa shape index (κ1) is 11.3. The summed E-state index contributed by atoms with van der Waals surface area (Å²) in [5, 5.41) is 1.73. The minimum absolute atomic E-state index is 0.544. The van der Waals surface area contributed by atoms with E-state index in [9.17, 15) is 0 Å². The fraction of sp³-hybridized carbons (Fsp3) is 0.133. The maximum Gasteiger partial charge on any atom is 0.129 e. The molecule has 0 amide bonds. The first-order chi connectivity index (χ1) is 8.74. The van der Waals surface area contributed by atoms with Crippen molar-refractivity contribution in [1.29, 1.82) is 0 Å². The Bertz CT molecular complexity index is 686. The molecule has 18 heavy (non-hydrogen) atoms. The molecule has 3 heteroatoms. The third-order valence-electron chi connectivity index (χ3n) is 3.16. The molecule has 0 spiro atoms. The molecule has 0 bridgehead atoms. The lowest BCUT2D eigenvalue weighted by Crippen LogP contribution is -1.86. The number of aromatic nitrogens is 2. The predicted octanol–water partition coefficient (Wildman–Crippen LogP) is 3.82. The summed E-state index contributed by atoms with van der Waals surface area (Å²) in [6, 6.07) is 12.4. The van der Waals surface area contributed by atoms with Crippen molar-refractivity contribution in [1.82, 2.24) is 9.55 Å². The zero-order valence-corrected chi connectivity index (χ0v) is 10.9. The number of benzene rings is 1. The van der Waals surface area contributed by atoms with Crippen LogP contribution in [0.1, 0.15) is 11.1 Å². The second-order valence-corrected chi connectivity index (χ2v) is 4.84. The highest BCUT2D eigenvalue weighted by molar-refractivity contribution is 6.30. The van der Waals surface area contributed by atoms with Crippen LogP contribution in [0.3, 0.4) is 0 Å². The molecule has 2 heterocycles. The number of hydrogen-bond acceptors (Lipinski definition) is 1. The van der Waals surface area contributed by atoms with Crippen molar-refractivity contribution in [3.05, 3.63) is 65.1 Å². The standard InChI is InChI=1S/C15H13ClN2/c1-18-10-12(7-11-5-3-2-4-6-11)13-8-15(16)17-9-14(13)18/h2-6,8-10H,7H2,1H3. The molecule has 0 aliphatic rings. The van der Waals surface area contributed by atoms with Gasteiger partial charge in [-0.25, -0.2) is 4.98 Å². The minimum Gasteiger partial charge on any atom is -0.349 e. The van der Waals surface area contributed by atoms with Gasteiger partial charge in [-0.15, -0.1) is 0 Å². The van der Waals surface area contributed by atoms with Gasteiger partial charge in [0.2, 0.25) is 0 Å². The average Bonchev–Trinajstić information content (AvgIpc) is 2.67. The largest absolute Gasteiger partial charge is 0.349 e. The molecule has 2 nitrogen and oxygen atoms in total. The molecule has 0 aliphatic heterocycles. The van der Waals surface area contributed by atoms with Crippen LogP contribution in [0.25, 0.3) is 10.9 Å². The highest BCUT2D eigenvalue weighted by Gasteiger charge is 2.08. The number of nitrogens with zero attached hydrogens (tertiary/aromatic N) is 2. The first-order valence-electron chi connectivity index (χ1n) is 5.87. The fourth-order valence-electron chi connectivity index (χ4n) is 2.29. The summed E-state index contributed by atoms with van der Waals surface area (Å²) in [4.78, 5) is 4.13. The maximum atomic E-state index is 5.98. The molecule has 1 aromatic carbocycles. The smallest absolute Gasteiger partial charge is 0.129 e. The van der Waals surface area contributed by atoms with E-state index in [1.807, 2.05) is 25.4 Å². The van der Waals surface area contributed by atoms with E-state index in [4.69, 9.17) is 11.6 Å². The molecule has 0 aliphatic carbocycles. The molecule has 0 radical (unpaired) electrons. The Morgan fingerprint density at radius 1 is 1.22 bits per heavy atom. The molecule has 0 saturated heterocycles. The zero-order chi connectivity index (χ0) is 12.5. The monoisotopic (exact) mass is 256 g/mol. The van der Waals surface area contributed by atoms with Gasteiger partial charge in [-0.3, -0.25) is 0 Å². The number of fused-ring (bicyclic) bond motifs is 1. The van der Waals surface area contributed by atoms with Gasteiger partial charge in [-0.2, -0.15) is 0 Å². The molecule has 0 saturated carbocycles. The zero-order valence-electron chi connectivity index (χ0n) is 10.1. The summed E-state index contributed by atoms with van der Waals surface area (Å²) in [5.41, 5.74) is 3.70. The van der Waals surface area contributed by atoms with Gasteiger partial charge in [0.1, 0.15) is 5.15 Å². The Labute approximate surface area is 111 Å². The van der Waals surface area contributed by atoms with Crippen LogP contribution in [0.15, 0.2) is 48.8 Å². The molecule has 3 rings (SSSR count). The third kappa shape index (κ3) is 2.00. The third-order valence-corrected chi connectivity index (χ3v) is 3.37. The topological polar surface area (TPSA) is 17.8 Å². The molecule has 0 atom stereocenters. The van der Waals surface area contributed by atoms with E-state index in [1.54, 1.807) is 0 Å². The Morgan fingerprint density at radius 2 is 2.00 bits per heavy atom. The second kappa shape index (κ2) is 4.46. The normalized spacial score (nSPS) is 11.0. The Balaban J connectivity index is 2.09. The highest BCUT2D eigenvalue weighted by Crippen LogP contribution is 2.24. The van der Waals surface area contributed by atoms with Crippen molar-refractivity contribution in [3.63, 3.8) is 0 Å². The van der Waals surface area contributed by atoms with E-state index in [1.165, 1.54) is 16.5 Å². The maximum absolute atomic E-state index is 5.98. The number of rotatable bonds is 2. The number of halogens is 1. The molecule has 0 unspecified atom stereocenters. The van der Waals surface area contributed by atoms with E-state index >= 15 is 0 Å². The summed E-state index contributed by atoms with van der Waals surface area (Å²) in [6.45, 7) is 0. The van der Waals surface area contributed by atoms with Gasteiger partial charge in [0.15, 0.2) is 0 Å². The lowest BCUT2D eigenvalue weighted by atomic mass is 10.1. The van der Waals surface area contributed by atoms with Crippen LogP contribution >= 0.6 is 11.6 Å². The van der Waals surface area contributed by atoms with E-state index in [-0.39, 0.29) is 0 Å². The Hall–Kier alpha value is -1.80. The molecular weight excluding hydrogens is 244 g/mol. The van der Waals surface area contributed by atoms with Gasteiger partial charge >= 0.3 is 0 Å². The Kier molecular flexibility index (Phi) is 2.80. The van der Waals surface area contributed by atoms with Crippen LogP contribution in [-0.2, 0) is 13.5 Å². The lowest BCUT2D eigenvalue weighted by molar-refractivity contribution is 0.955.